The van der Waals surface area contributed by atoms with E-state index in [0.29, 0.717) is 0 Å². The third-order valence-electron chi connectivity index (χ3n) is 3.08. The molecule has 0 aliphatic rings. The van der Waals surface area contributed by atoms with Gasteiger partial charge in [0, 0.05) is 6.61 Å². The molecule has 0 saturated heterocycles. The second kappa shape index (κ2) is 8.93. The number of rotatable bonds is 9. The molecule has 1 atom stereocenters. The van der Waals surface area contributed by atoms with Crippen LogP contribution in [0.5, 0.6) is 0 Å². The van der Waals surface area contributed by atoms with E-state index in [0.717, 1.165) is 18.6 Å². The molecule has 0 bridgehead atoms. The van der Waals surface area contributed by atoms with Crippen LogP contribution in [0, 0.1) is 0 Å². The lowest BCUT2D eigenvalue weighted by molar-refractivity contribution is 0.0744. The average Bonchev–Trinajstić information content (AvgIpc) is 2.38. The van der Waals surface area contributed by atoms with Crippen LogP contribution in [0.2, 0.25) is 0 Å². The summed E-state index contributed by atoms with van der Waals surface area (Å²) in [6, 6.07) is 10.3. The minimum absolute atomic E-state index is 0.0531. The Balaban J connectivity index is 2.34. The van der Waals surface area contributed by atoms with E-state index >= 15 is 0 Å². The Kier molecular flexibility index (Phi) is 7.43. The largest absolute Gasteiger partial charge is 0.369 e. The van der Waals surface area contributed by atoms with Crippen molar-refractivity contribution in [1.82, 2.24) is 0 Å². The number of unbranched alkanes of at least 4 members (excludes halogenated alkanes) is 4. The monoisotopic (exact) mass is 246 g/mol. The third kappa shape index (κ3) is 5.50. The van der Waals surface area contributed by atoms with Gasteiger partial charge in [-0.3, -0.25) is 0 Å². The highest BCUT2D eigenvalue weighted by atomic mass is 16.5. The molecule has 0 radical (unpaired) electrons. The molecule has 0 spiro atoms. The Morgan fingerprint density at radius 2 is 1.78 bits per heavy atom. The molecular weight excluding hydrogens is 220 g/mol. The van der Waals surface area contributed by atoms with Gasteiger partial charge in [-0.05, 0) is 24.5 Å². The first kappa shape index (κ1) is 15.0. The SMILES string of the molecule is C=C(C)C(OCCCCCCC)c1ccccc1. The molecule has 1 aromatic rings. The first-order valence-corrected chi connectivity index (χ1v) is 7.07. The van der Waals surface area contributed by atoms with Crippen LogP contribution in [0.15, 0.2) is 42.5 Å². The zero-order chi connectivity index (χ0) is 13.2. The van der Waals surface area contributed by atoms with Gasteiger partial charge in [0.1, 0.15) is 6.10 Å². The molecule has 100 valence electrons. The van der Waals surface area contributed by atoms with Crippen LogP contribution < -0.4 is 0 Å². The van der Waals surface area contributed by atoms with E-state index in [4.69, 9.17) is 4.74 Å². The highest BCUT2D eigenvalue weighted by molar-refractivity contribution is 5.24. The Bertz CT molecular complexity index is 329. The predicted octanol–water partition coefficient (Wildman–Crippen LogP) is 5.29. The van der Waals surface area contributed by atoms with Gasteiger partial charge in [0.25, 0.3) is 0 Å². The summed E-state index contributed by atoms with van der Waals surface area (Å²) in [6.07, 6.45) is 6.42. The van der Waals surface area contributed by atoms with Crippen LogP contribution in [0.4, 0.5) is 0 Å². The van der Waals surface area contributed by atoms with Crippen molar-refractivity contribution in [3.05, 3.63) is 48.0 Å². The van der Waals surface area contributed by atoms with Crippen molar-refractivity contribution in [2.24, 2.45) is 0 Å². The van der Waals surface area contributed by atoms with Crippen LogP contribution in [0.3, 0.4) is 0 Å². The van der Waals surface area contributed by atoms with Gasteiger partial charge >= 0.3 is 0 Å². The number of hydrogen-bond donors (Lipinski definition) is 0. The van der Waals surface area contributed by atoms with Crippen LogP contribution in [-0.4, -0.2) is 6.61 Å². The summed E-state index contributed by atoms with van der Waals surface area (Å²) in [4.78, 5) is 0. The molecule has 0 N–H and O–H groups in total. The van der Waals surface area contributed by atoms with Gasteiger partial charge in [-0.15, -0.1) is 0 Å². The summed E-state index contributed by atoms with van der Waals surface area (Å²) in [5.74, 6) is 0. The van der Waals surface area contributed by atoms with Crippen LogP contribution in [0.1, 0.15) is 57.6 Å². The Morgan fingerprint density at radius 1 is 1.11 bits per heavy atom. The molecule has 0 saturated carbocycles. The molecule has 18 heavy (non-hydrogen) atoms. The smallest absolute Gasteiger partial charge is 0.103 e. The zero-order valence-electron chi connectivity index (χ0n) is 11.8. The normalized spacial score (nSPS) is 12.3. The van der Waals surface area contributed by atoms with Gasteiger partial charge in [0.2, 0.25) is 0 Å². The van der Waals surface area contributed by atoms with Crippen molar-refractivity contribution < 1.29 is 4.74 Å². The van der Waals surface area contributed by atoms with Crippen molar-refractivity contribution in [2.45, 2.75) is 52.1 Å². The summed E-state index contributed by atoms with van der Waals surface area (Å²) in [6.45, 7) is 9.14. The fourth-order valence-electron chi connectivity index (χ4n) is 2.06. The van der Waals surface area contributed by atoms with E-state index in [-0.39, 0.29) is 6.10 Å². The lowest BCUT2D eigenvalue weighted by atomic mass is 10.0. The lowest BCUT2D eigenvalue weighted by Crippen LogP contribution is -2.06. The second-order valence-electron chi connectivity index (χ2n) is 4.92. The van der Waals surface area contributed by atoms with Gasteiger partial charge in [-0.1, -0.05) is 69.5 Å². The zero-order valence-corrected chi connectivity index (χ0v) is 11.8. The van der Waals surface area contributed by atoms with Crippen molar-refractivity contribution in [1.29, 1.82) is 0 Å². The molecule has 0 fully saturated rings. The molecule has 0 amide bonds. The van der Waals surface area contributed by atoms with E-state index in [9.17, 15) is 0 Å². The highest BCUT2D eigenvalue weighted by Crippen LogP contribution is 2.24. The molecular formula is C17H26O. The molecule has 1 nitrogen and oxygen atoms in total. The van der Waals surface area contributed by atoms with Crippen molar-refractivity contribution >= 4 is 0 Å². The van der Waals surface area contributed by atoms with E-state index in [1.54, 1.807) is 0 Å². The summed E-state index contributed by atoms with van der Waals surface area (Å²) in [7, 11) is 0. The highest BCUT2D eigenvalue weighted by Gasteiger charge is 2.11. The number of hydrogen-bond acceptors (Lipinski definition) is 1. The quantitative estimate of drug-likeness (QED) is 0.425. The minimum Gasteiger partial charge on any atom is -0.369 e. The number of benzene rings is 1. The fraction of sp³-hybridized carbons (Fsp3) is 0.529. The van der Waals surface area contributed by atoms with Gasteiger partial charge < -0.3 is 4.74 Å². The molecule has 0 aliphatic carbocycles. The molecule has 1 aromatic carbocycles. The summed E-state index contributed by atoms with van der Waals surface area (Å²) in [5, 5.41) is 0. The van der Waals surface area contributed by atoms with Crippen LogP contribution in [0.25, 0.3) is 0 Å². The minimum atomic E-state index is 0.0531. The van der Waals surface area contributed by atoms with E-state index in [1.165, 1.54) is 31.2 Å². The Morgan fingerprint density at radius 3 is 2.39 bits per heavy atom. The molecule has 1 unspecified atom stereocenters. The van der Waals surface area contributed by atoms with Crippen LogP contribution >= 0.6 is 0 Å². The summed E-state index contributed by atoms with van der Waals surface area (Å²) >= 11 is 0. The first-order chi connectivity index (χ1) is 8.75. The standard InChI is InChI=1S/C17H26O/c1-4-5-6-7-11-14-18-17(15(2)3)16-12-9-8-10-13-16/h8-10,12-13,17H,2,4-7,11,14H2,1,3H3. The van der Waals surface area contributed by atoms with Gasteiger partial charge in [0.05, 0.1) is 0 Å². The molecule has 0 aliphatic heterocycles. The maximum atomic E-state index is 5.97. The van der Waals surface area contributed by atoms with Gasteiger partial charge in [-0.25, -0.2) is 0 Å². The topological polar surface area (TPSA) is 9.23 Å². The fourth-order valence-corrected chi connectivity index (χ4v) is 2.06. The Labute approximate surface area is 112 Å². The first-order valence-electron chi connectivity index (χ1n) is 7.07. The second-order valence-corrected chi connectivity index (χ2v) is 4.92. The van der Waals surface area contributed by atoms with Crippen molar-refractivity contribution in [2.75, 3.05) is 6.61 Å². The number of ether oxygens (including phenoxy) is 1. The summed E-state index contributed by atoms with van der Waals surface area (Å²) < 4.78 is 5.97. The van der Waals surface area contributed by atoms with Crippen molar-refractivity contribution in [3.8, 4) is 0 Å². The molecule has 0 aromatic heterocycles. The van der Waals surface area contributed by atoms with Gasteiger partial charge in [-0.2, -0.15) is 0 Å². The van der Waals surface area contributed by atoms with E-state index in [1.807, 2.05) is 13.0 Å². The van der Waals surface area contributed by atoms with Crippen LogP contribution in [-0.2, 0) is 4.74 Å². The maximum Gasteiger partial charge on any atom is 0.103 e. The lowest BCUT2D eigenvalue weighted by Gasteiger charge is -2.18. The van der Waals surface area contributed by atoms with E-state index < -0.39 is 0 Å². The third-order valence-corrected chi connectivity index (χ3v) is 3.08. The Hall–Kier alpha value is -1.08. The predicted molar refractivity (Wildman–Crippen MR) is 78.7 cm³/mol. The van der Waals surface area contributed by atoms with Crippen molar-refractivity contribution in [3.63, 3.8) is 0 Å². The van der Waals surface area contributed by atoms with Gasteiger partial charge in [0.15, 0.2) is 0 Å². The molecule has 1 rings (SSSR count). The molecule has 0 heterocycles. The van der Waals surface area contributed by atoms with E-state index in [2.05, 4.69) is 37.8 Å². The average molecular weight is 246 g/mol. The molecule has 1 heteroatoms. The maximum absolute atomic E-state index is 5.97. The summed E-state index contributed by atoms with van der Waals surface area (Å²) in [5.41, 5.74) is 2.29.